The molecule has 2 aromatic rings. The van der Waals surface area contributed by atoms with Crippen molar-refractivity contribution < 1.29 is 9.84 Å². The number of aliphatic hydroxyl groups is 1. The van der Waals surface area contributed by atoms with Crippen LogP contribution in [-0.4, -0.2) is 37.3 Å². The van der Waals surface area contributed by atoms with Crippen molar-refractivity contribution in [2.24, 2.45) is 0 Å². The summed E-state index contributed by atoms with van der Waals surface area (Å²) in [5, 5.41) is 9.02. The van der Waals surface area contributed by atoms with Gasteiger partial charge in [0.15, 0.2) is 11.2 Å². The lowest BCUT2D eigenvalue weighted by Crippen LogP contribution is -2.19. The van der Waals surface area contributed by atoms with Gasteiger partial charge in [-0.15, -0.1) is 0 Å². The largest absolute Gasteiger partial charge is 0.394 e. The Morgan fingerprint density at radius 3 is 3.11 bits per heavy atom. The van der Waals surface area contributed by atoms with E-state index in [0.29, 0.717) is 12.1 Å². The van der Waals surface area contributed by atoms with E-state index >= 15 is 0 Å². The average Bonchev–Trinajstić information content (AvgIpc) is 2.74. The Balaban J connectivity index is 2.27. The number of aromatic nitrogens is 4. The Morgan fingerprint density at radius 1 is 1.67 bits per heavy atom. The van der Waals surface area contributed by atoms with Crippen LogP contribution in [-0.2, 0) is 11.5 Å². The smallest absolute Gasteiger partial charge is 0.280 e. The topological polar surface area (TPSA) is 119 Å². The molecule has 1 atom stereocenters. The van der Waals surface area contributed by atoms with Crippen molar-refractivity contribution in [2.45, 2.75) is 26.2 Å². The maximum Gasteiger partial charge on any atom is 0.280 e. The second-order valence-electron chi connectivity index (χ2n) is 3.85. The van der Waals surface area contributed by atoms with Gasteiger partial charge in [-0.2, -0.15) is 4.98 Å². The van der Waals surface area contributed by atoms with Gasteiger partial charge < -0.3 is 15.6 Å². The van der Waals surface area contributed by atoms with Crippen molar-refractivity contribution in [3.05, 3.63) is 16.7 Å². The highest BCUT2D eigenvalue weighted by molar-refractivity contribution is 5.70. The standard InChI is InChI=1S/C10H15N5O3/c1-2-6(3-16)18-5-15-4-12-7-8(15)13-10(11)14-9(7)17/h4,6,16H,2-3,5H2,1H3,(H3,11,13,14,17)/t6-/m0/s1. The van der Waals surface area contributed by atoms with E-state index < -0.39 is 0 Å². The van der Waals surface area contributed by atoms with E-state index in [1.165, 1.54) is 6.33 Å². The number of nitrogens with one attached hydrogen (secondary N) is 1. The summed E-state index contributed by atoms with van der Waals surface area (Å²) < 4.78 is 7.02. The van der Waals surface area contributed by atoms with E-state index in [-0.39, 0.29) is 36.5 Å². The Morgan fingerprint density at radius 2 is 2.44 bits per heavy atom. The molecule has 0 aliphatic carbocycles. The van der Waals surface area contributed by atoms with Crippen molar-refractivity contribution in [1.82, 2.24) is 19.5 Å². The zero-order chi connectivity index (χ0) is 13.1. The van der Waals surface area contributed by atoms with Crippen molar-refractivity contribution >= 4 is 17.1 Å². The van der Waals surface area contributed by atoms with Gasteiger partial charge in [0.1, 0.15) is 6.73 Å². The third kappa shape index (κ3) is 2.34. The van der Waals surface area contributed by atoms with Crippen LogP contribution in [0.4, 0.5) is 5.95 Å². The van der Waals surface area contributed by atoms with Crippen LogP contribution in [0.2, 0.25) is 0 Å². The summed E-state index contributed by atoms with van der Waals surface area (Å²) in [6, 6.07) is 0. The lowest BCUT2D eigenvalue weighted by molar-refractivity contribution is -0.0238. The molecule has 0 aromatic carbocycles. The Hall–Kier alpha value is -1.93. The van der Waals surface area contributed by atoms with Crippen LogP contribution in [0.3, 0.4) is 0 Å². The van der Waals surface area contributed by atoms with Gasteiger partial charge in [-0.3, -0.25) is 14.3 Å². The molecule has 0 saturated carbocycles. The molecule has 98 valence electrons. The second-order valence-corrected chi connectivity index (χ2v) is 3.85. The van der Waals surface area contributed by atoms with Gasteiger partial charge in [0.05, 0.1) is 19.0 Å². The molecule has 4 N–H and O–H groups in total. The van der Waals surface area contributed by atoms with Crippen LogP contribution in [0.25, 0.3) is 11.2 Å². The lowest BCUT2D eigenvalue weighted by Gasteiger charge is -2.13. The lowest BCUT2D eigenvalue weighted by atomic mass is 10.3. The zero-order valence-electron chi connectivity index (χ0n) is 9.96. The van der Waals surface area contributed by atoms with Crippen LogP contribution in [0, 0.1) is 0 Å². The van der Waals surface area contributed by atoms with Crippen LogP contribution < -0.4 is 11.3 Å². The van der Waals surface area contributed by atoms with E-state index in [0.717, 1.165) is 0 Å². The number of ether oxygens (including phenoxy) is 1. The van der Waals surface area contributed by atoms with Crippen LogP contribution >= 0.6 is 0 Å². The molecule has 0 saturated heterocycles. The first-order valence-electron chi connectivity index (χ1n) is 5.58. The molecule has 8 nitrogen and oxygen atoms in total. The van der Waals surface area contributed by atoms with Crippen LogP contribution in [0.5, 0.6) is 0 Å². The highest BCUT2D eigenvalue weighted by atomic mass is 16.5. The average molecular weight is 253 g/mol. The van der Waals surface area contributed by atoms with Crippen molar-refractivity contribution in [2.75, 3.05) is 12.3 Å². The van der Waals surface area contributed by atoms with E-state index in [2.05, 4.69) is 15.0 Å². The zero-order valence-corrected chi connectivity index (χ0v) is 9.96. The third-order valence-corrected chi connectivity index (χ3v) is 2.60. The minimum Gasteiger partial charge on any atom is -0.394 e. The molecule has 0 amide bonds. The van der Waals surface area contributed by atoms with Gasteiger partial charge >= 0.3 is 0 Å². The maximum atomic E-state index is 11.5. The molecule has 18 heavy (non-hydrogen) atoms. The van der Waals surface area contributed by atoms with E-state index in [9.17, 15) is 4.79 Å². The molecule has 8 heteroatoms. The summed E-state index contributed by atoms with van der Waals surface area (Å²) >= 11 is 0. The van der Waals surface area contributed by atoms with Crippen molar-refractivity contribution in [3.8, 4) is 0 Å². The molecular formula is C10H15N5O3. The molecule has 0 radical (unpaired) electrons. The minimum absolute atomic E-state index is 0.0310. The van der Waals surface area contributed by atoms with Gasteiger partial charge in [-0.05, 0) is 6.42 Å². The molecule has 0 unspecified atom stereocenters. The monoisotopic (exact) mass is 253 g/mol. The van der Waals surface area contributed by atoms with Gasteiger partial charge in [0, 0.05) is 0 Å². The summed E-state index contributed by atoms with van der Waals surface area (Å²) in [5.74, 6) is 0.0310. The fourth-order valence-electron chi connectivity index (χ4n) is 1.55. The highest BCUT2D eigenvalue weighted by Crippen LogP contribution is 2.08. The Bertz CT molecular complexity index is 587. The molecular weight excluding hydrogens is 238 g/mol. The van der Waals surface area contributed by atoms with E-state index in [1.54, 1.807) is 4.57 Å². The number of nitrogens with zero attached hydrogens (tertiary/aromatic N) is 3. The van der Waals surface area contributed by atoms with Crippen LogP contribution in [0.15, 0.2) is 11.1 Å². The Kier molecular flexibility index (Phi) is 3.58. The predicted octanol–water partition coefficient (Wildman–Crippen LogP) is -0.553. The maximum absolute atomic E-state index is 11.5. The number of anilines is 1. The fraction of sp³-hybridized carbons (Fsp3) is 0.500. The SMILES string of the molecule is CC[C@@H](CO)OCn1cnc2c(=O)[nH]c(N)nc21. The van der Waals surface area contributed by atoms with Crippen molar-refractivity contribution in [1.29, 1.82) is 0 Å². The number of hydrogen-bond donors (Lipinski definition) is 3. The summed E-state index contributed by atoms with van der Waals surface area (Å²) in [7, 11) is 0. The summed E-state index contributed by atoms with van der Waals surface area (Å²) in [6.45, 7) is 2.01. The molecule has 0 spiro atoms. The molecule has 2 rings (SSSR count). The van der Waals surface area contributed by atoms with Gasteiger partial charge in [-0.25, -0.2) is 4.98 Å². The molecule has 0 aliphatic rings. The summed E-state index contributed by atoms with van der Waals surface area (Å²) in [4.78, 5) is 21.9. The number of rotatable bonds is 5. The fourth-order valence-corrected chi connectivity index (χ4v) is 1.55. The third-order valence-electron chi connectivity index (χ3n) is 2.60. The predicted molar refractivity (Wildman–Crippen MR) is 64.8 cm³/mol. The number of fused-ring (bicyclic) bond motifs is 1. The van der Waals surface area contributed by atoms with Gasteiger partial charge in [-0.1, -0.05) is 6.92 Å². The number of hydrogen-bond acceptors (Lipinski definition) is 6. The van der Waals surface area contributed by atoms with E-state index in [4.69, 9.17) is 15.6 Å². The number of imidazole rings is 1. The molecule has 0 aliphatic heterocycles. The van der Waals surface area contributed by atoms with Gasteiger partial charge in [0.25, 0.3) is 5.56 Å². The van der Waals surface area contributed by atoms with E-state index in [1.807, 2.05) is 6.92 Å². The highest BCUT2D eigenvalue weighted by Gasteiger charge is 2.11. The van der Waals surface area contributed by atoms with Crippen molar-refractivity contribution in [3.63, 3.8) is 0 Å². The first-order valence-corrected chi connectivity index (χ1v) is 5.58. The quantitative estimate of drug-likeness (QED) is 0.657. The number of aliphatic hydroxyl groups excluding tert-OH is 1. The molecule has 0 fully saturated rings. The number of nitrogens with two attached hydrogens (primary N) is 1. The minimum atomic E-state index is -0.384. The second kappa shape index (κ2) is 5.15. The summed E-state index contributed by atoms with van der Waals surface area (Å²) in [6.07, 6.45) is 1.90. The number of H-pyrrole nitrogens is 1. The molecule has 2 aromatic heterocycles. The first kappa shape index (κ1) is 12.5. The normalized spacial score (nSPS) is 13.0. The summed E-state index contributed by atoms with van der Waals surface area (Å²) in [5.41, 5.74) is 5.67. The van der Waals surface area contributed by atoms with Crippen LogP contribution in [0.1, 0.15) is 13.3 Å². The molecule has 2 heterocycles. The van der Waals surface area contributed by atoms with Gasteiger partial charge in [0.2, 0.25) is 5.95 Å². The number of aromatic amines is 1. The Labute approximate surface area is 102 Å². The first-order chi connectivity index (χ1) is 8.65. The number of nitrogen functional groups attached to an aromatic ring is 1. The molecule has 0 bridgehead atoms.